The monoisotopic (exact) mass is 594 g/mol. The van der Waals surface area contributed by atoms with Crippen molar-refractivity contribution >= 4 is 29.1 Å². The van der Waals surface area contributed by atoms with Gasteiger partial charge < -0.3 is 9.84 Å². The standard InChI is InChI=1S/C35H28ClFN2O4/c1-2-23-8-19-30-33(41)39(38-27-15-13-26(37)14-16-27)34(42)35(30,24-9-11-25(36)12-10-24)32(23)29-18-17-28(20-31(29)40)43-21-22-6-4-3-5-7-22/h2-18,20,30,32,38,40H,1,19,21H2. The molecule has 43 heavy (non-hydrogen) atoms. The highest BCUT2D eigenvalue weighted by molar-refractivity contribution is 6.30. The van der Waals surface area contributed by atoms with Crippen molar-refractivity contribution in [2.75, 3.05) is 5.43 Å². The molecule has 1 aliphatic heterocycles. The number of hydrogen-bond donors (Lipinski definition) is 2. The molecule has 1 saturated heterocycles. The number of phenolic OH excluding ortho intramolecular Hbond substituents is 1. The van der Waals surface area contributed by atoms with Crippen LogP contribution < -0.4 is 10.2 Å². The number of ether oxygens (including phenoxy) is 1. The zero-order valence-corrected chi connectivity index (χ0v) is 23.8. The molecule has 1 heterocycles. The molecule has 0 aromatic heterocycles. The minimum atomic E-state index is -1.45. The number of nitrogens with zero attached hydrogens (tertiary/aromatic N) is 1. The van der Waals surface area contributed by atoms with Gasteiger partial charge in [0, 0.05) is 22.6 Å². The number of imide groups is 1. The van der Waals surface area contributed by atoms with Gasteiger partial charge in [-0.15, -0.1) is 0 Å². The molecule has 2 aliphatic rings. The maximum absolute atomic E-state index is 14.7. The van der Waals surface area contributed by atoms with Gasteiger partial charge in [0.15, 0.2) is 0 Å². The van der Waals surface area contributed by atoms with Crippen LogP contribution in [0.1, 0.15) is 29.0 Å². The Hall–Kier alpha value is -4.88. The van der Waals surface area contributed by atoms with Crippen LogP contribution >= 0.6 is 11.6 Å². The van der Waals surface area contributed by atoms with Crippen molar-refractivity contribution in [2.24, 2.45) is 5.92 Å². The molecule has 6 rings (SSSR count). The van der Waals surface area contributed by atoms with E-state index < -0.39 is 34.9 Å². The number of carbonyl (C=O) groups is 2. The number of hydrogen-bond acceptors (Lipinski definition) is 5. The van der Waals surface area contributed by atoms with Gasteiger partial charge in [-0.3, -0.25) is 15.0 Å². The second-order valence-corrected chi connectivity index (χ2v) is 11.0. The van der Waals surface area contributed by atoms with Crippen molar-refractivity contribution in [1.82, 2.24) is 5.01 Å². The molecule has 2 N–H and O–H groups in total. The number of amides is 2. The first-order valence-corrected chi connectivity index (χ1v) is 14.2. The molecule has 3 atom stereocenters. The molecule has 0 bridgehead atoms. The molecule has 216 valence electrons. The minimum Gasteiger partial charge on any atom is -0.508 e. The van der Waals surface area contributed by atoms with Crippen LogP contribution in [-0.4, -0.2) is 21.9 Å². The third-order valence-electron chi connectivity index (χ3n) is 8.21. The number of halogens is 2. The predicted molar refractivity (Wildman–Crippen MR) is 163 cm³/mol. The molecule has 3 unspecified atom stereocenters. The number of allylic oxidation sites excluding steroid dienone is 3. The molecule has 0 saturated carbocycles. The van der Waals surface area contributed by atoms with Crippen molar-refractivity contribution in [2.45, 2.75) is 24.4 Å². The number of aromatic hydroxyl groups is 1. The number of rotatable bonds is 8. The Kier molecular flexibility index (Phi) is 7.50. The summed E-state index contributed by atoms with van der Waals surface area (Å²) >= 11 is 6.24. The van der Waals surface area contributed by atoms with E-state index in [4.69, 9.17) is 16.3 Å². The van der Waals surface area contributed by atoms with E-state index in [1.54, 1.807) is 42.5 Å². The molecule has 1 fully saturated rings. The summed E-state index contributed by atoms with van der Waals surface area (Å²) in [6, 6.07) is 26.9. The molecule has 4 aromatic rings. The summed E-state index contributed by atoms with van der Waals surface area (Å²) in [5.74, 6) is -2.59. The molecular weight excluding hydrogens is 567 g/mol. The molecule has 6 nitrogen and oxygen atoms in total. The van der Waals surface area contributed by atoms with Gasteiger partial charge in [0.1, 0.15) is 23.9 Å². The van der Waals surface area contributed by atoms with Crippen LogP contribution in [0.25, 0.3) is 0 Å². The van der Waals surface area contributed by atoms with Crippen LogP contribution in [0.5, 0.6) is 11.5 Å². The second-order valence-electron chi connectivity index (χ2n) is 10.6. The highest BCUT2D eigenvalue weighted by Gasteiger charge is 2.66. The lowest BCUT2D eigenvalue weighted by Crippen LogP contribution is -2.48. The Morgan fingerprint density at radius 1 is 1.02 bits per heavy atom. The van der Waals surface area contributed by atoms with Crippen LogP contribution in [0.4, 0.5) is 10.1 Å². The van der Waals surface area contributed by atoms with E-state index in [2.05, 4.69) is 12.0 Å². The number of benzene rings is 4. The smallest absolute Gasteiger partial charge is 0.260 e. The van der Waals surface area contributed by atoms with Crippen LogP contribution in [0.15, 0.2) is 121 Å². The Bertz CT molecular complexity index is 1720. The lowest BCUT2D eigenvalue weighted by atomic mass is 9.56. The molecule has 2 amide bonds. The third kappa shape index (κ3) is 4.96. The van der Waals surface area contributed by atoms with Crippen molar-refractivity contribution in [3.8, 4) is 11.5 Å². The van der Waals surface area contributed by atoms with Gasteiger partial charge in [-0.05, 0) is 65.6 Å². The quantitative estimate of drug-likeness (QED) is 0.209. The van der Waals surface area contributed by atoms with Gasteiger partial charge in [-0.2, -0.15) is 5.01 Å². The SMILES string of the molecule is C=CC1=CCC2C(=O)N(Nc3ccc(F)cc3)C(=O)C2(c2ccc(Cl)cc2)C1c1ccc(OCc2ccccc2)cc1O. The van der Waals surface area contributed by atoms with Crippen LogP contribution in [0, 0.1) is 11.7 Å². The molecule has 4 aromatic carbocycles. The van der Waals surface area contributed by atoms with Crippen LogP contribution in [0.2, 0.25) is 5.02 Å². The lowest BCUT2D eigenvalue weighted by molar-refractivity contribution is -0.138. The van der Waals surface area contributed by atoms with Crippen molar-refractivity contribution < 1.29 is 23.8 Å². The van der Waals surface area contributed by atoms with Gasteiger partial charge in [-0.25, -0.2) is 4.39 Å². The Morgan fingerprint density at radius 3 is 2.42 bits per heavy atom. The van der Waals surface area contributed by atoms with Crippen LogP contribution in [-0.2, 0) is 21.6 Å². The zero-order chi connectivity index (χ0) is 30.1. The Morgan fingerprint density at radius 2 is 1.74 bits per heavy atom. The maximum Gasteiger partial charge on any atom is 0.260 e. The fourth-order valence-corrected chi connectivity index (χ4v) is 6.36. The van der Waals surface area contributed by atoms with Crippen molar-refractivity contribution in [3.63, 3.8) is 0 Å². The second kappa shape index (κ2) is 11.4. The highest BCUT2D eigenvalue weighted by atomic mass is 35.5. The number of anilines is 1. The average Bonchev–Trinajstić information content (AvgIpc) is 3.24. The molecule has 0 spiro atoms. The number of carbonyl (C=O) groups excluding carboxylic acids is 2. The van der Waals surface area contributed by atoms with Crippen molar-refractivity contribution in [3.05, 3.63) is 149 Å². The van der Waals surface area contributed by atoms with E-state index in [9.17, 15) is 19.1 Å². The number of nitrogens with one attached hydrogen (secondary N) is 1. The zero-order valence-electron chi connectivity index (χ0n) is 23.0. The Balaban J connectivity index is 1.46. The number of phenols is 1. The van der Waals surface area contributed by atoms with E-state index in [0.717, 1.165) is 10.6 Å². The summed E-state index contributed by atoms with van der Waals surface area (Å²) in [6.45, 7) is 4.32. The number of hydrazine groups is 1. The predicted octanol–water partition coefficient (Wildman–Crippen LogP) is 7.31. The fourth-order valence-electron chi connectivity index (χ4n) is 6.23. The largest absolute Gasteiger partial charge is 0.508 e. The molecule has 0 radical (unpaired) electrons. The summed E-state index contributed by atoms with van der Waals surface area (Å²) < 4.78 is 19.5. The third-order valence-corrected chi connectivity index (χ3v) is 8.46. The van der Waals surface area contributed by atoms with E-state index in [1.165, 1.54) is 30.3 Å². The summed E-state index contributed by atoms with van der Waals surface area (Å²) in [5, 5.41) is 12.9. The molecule has 8 heteroatoms. The molecular formula is C35H28ClFN2O4. The first-order valence-electron chi connectivity index (χ1n) is 13.8. The summed E-state index contributed by atoms with van der Waals surface area (Å²) in [5.41, 5.74) is 4.53. The topological polar surface area (TPSA) is 78.9 Å². The minimum absolute atomic E-state index is 0.0810. The lowest BCUT2D eigenvalue weighted by Gasteiger charge is -2.43. The van der Waals surface area contributed by atoms with E-state index in [-0.39, 0.29) is 12.2 Å². The Labute approximate surface area is 253 Å². The van der Waals surface area contributed by atoms with E-state index in [0.29, 0.717) is 39.8 Å². The van der Waals surface area contributed by atoms with Gasteiger partial charge in [0.25, 0.3) is 11.8 Å². The maximum atomic E-state index is 14.7. The first kappa shape index (κ1) is 28.2. The van der Waals surface area contributed by atoms with Gasteiger partial charge in [0.2, 0.25) is 0 Å². The van der Waals surface area contributed by atoms with Gasteiger partial charge >= 0.3 is 0 Å². The van der Waals surface area contributed by atoms with Crippen molar-refractivity contribution in [1.29, 1.82) is 0 Å². The van der Waals surface area contributed by atoms with Gasteiger partial charge in [0.05, 0.1) is 17.0 Å². The molecule has 1 aliphatic carbocycles. The van der Waals surface area contributed by atoms with E-state index in [1.807, 2.05) is 36.4 Å². The van der Waals surface area contributed by atoms with E-state index >= 15 is 0 Å². The summed E-state index contributed by atoms with van der Waals surface area (Å²) in [6.07, 6.45) is 3.82. The normalized spacial score (nSPS) is 21.3. The van der Waals surface area contributed by atoms with Crippen LogP contribution in [0.3, 0.4) is 0 Å². The highest BCUT2D eigenvalue weighted by Crippen LogP contribution is 2.59. The number of fused-ring (bicyclic) bond motifs is 1. The summed E-state index contributed by atoms with van der Waals surface area (Å²) in [7, 11) is 0. The average molecular weight is 595 g/mol. The summed E-state index contributed by atoms with van der Waals surface area (Å²) in [4.78, 5) is 28.7. The fraction of sp³-hybridized carbons (Fsp3) is 0.143. The van der Waals surface area contributed by atoms with Gasteiger partial charge in [-0.1, -0.05) is 78.9 Å². The first-order chi connectivity index (χ1) is 20.8.